The number of hydrogen-bond acceptors (Lipinski definition) is 0. The first-order valence-corrected chi connectivity index (χ1v) is 4.19. The number of hydrogen-bond donors (Lipinski definition) is 0. The molecular formula is C11H8F4. The zero-order valence-corrected chi connectivity index (χ0v) is 7.90. The standard InChI is InChI=1S/C11H8F4/c1-3-7(2)8-4-5-9(10(12)6-8)11(13,14)15/h1,4-7H,2H3. The predicted octanol–water partition coefficient (Wildman–Crippen LogP) is 3.58. The molecule has 0 bridgehead atoms. The highest BCUT2D eigenvalue weighted by Crippen LogP contribution is 2.32. The Balaban J connectivity index is 3.16. The number of halogens is 4. The number of rotatable bonds is 1. The smallest absolute Gasteiger partial charge is 0.206 e. The van der Waals surface area contributed by atoms with Gasteiger partial charge in [-0.2, -0.15) is 13.2 Å². The normalized spacial score (nSPS) is 13.3. The molecule has 1 aromatic carbocycles. The average Bonchev–Trinajstić information content (AvgIpc) is 2.14. The highest BCUT2D eigenvalue weighted by Gasteiger charge is 2.33. The van der Waals surface area contributed by atoms with Gasteiger partial charge in [0, 0.05) is 5.92 Å². The molecule has 1 rings (SSSR count). The third kappa shape index (κ3) is 2.50. The summed E-state index contributed by atoms with van der Waals surface area (Å²) >= 11 is 0. The lowest BCUT2D eigenvalue weighted by Crippen LogP contribution is -2.08. The fraction of sp³-hybridized carbons (Fsp3) is 0.273. The SMILES string of the molecule is C#CC(C)c1ccc(C(F)(F)F)c(F)c1. The maximum absolute atomic E-state index is 13.1. The molecule has 15 heavy (non-hydrogen) atoms. The molecule has 0 N–H and O–H groups in total. The summed E-state index contributed by atoms with van der Waals surface area (Å²) in [4.78, 5) is 0. The Labute approximate surface area is 84.9 Å². The van der Waals surface area contributed by atoms with E-state index in [1.165, 1.54) is 6.07 Å². The molecule has 0 fully saturated rings. The van der Waals surface area contributed by atoms with Crippen molar-refractivity contribution in [2.45, 2.75) is 19.0 Å². The molecule has 0 nitrogen and oxygen atoms in total. The van der Waals surface area contributed by atoms with E-state index in [9.17, 15) is 17.6 Å². The van der Waals surface area contributed by atoms with Crippen LogP contribution in [0.5, 0.6) is 0 Å². The van der Waals surface area contributed by atoms with Crippen LogP contribution < -0.4 is 0 Å². The van der Waals surface area contributed by atoms with E-state index in [1.54, 1.807) is 6.92 Å². The molecule has 1 aromatic rings. The van der Waals surface area contributed by atoms with Crippen molar-refractivity contribution in [3.8, 4) is 12.3 Å². The van der Waals surface area contributed by atoms with Gasteiger partial charge in [0.05, 0.1) is 5.56 Å². The molecule has 0 saturated heterocycles. The lowest BCUT2D eigenvalue weighted by molar-refractivity contribution is -0.140. The van der Waals surface area contributed by atoms with E-state index in [1.807, 2.05) is 0 Å². The van der Waals surface area contributed by atoms with Crippen LogP contribution in [0.1, 0.15) is 24.0 Å². The summed E-state index contributed by atoms with van der Waals surface area (Å²) in [5.74, 6) is 0.628. The van der Waals surface area contributed by atoms with Crippen LogP contribution in [-0.4, -0.2) is 0 Å². The van der Waals surface area contributed by atoms with Crippen LogP contribution in [0.3, 0.4) is 0 Å². The van der Waals surface area contributed by atoms with E-state index < -0.39 is 23.5 Å². The topological polar surface area (TPSA) is 0 Å². The van der Waals surface area contributed by atoms with Gasteiger partial charge in [-0.05, 0) is 24.6 Å². The van der Waals surface area contributed by atoms with Gasteiger partial charge in [0.15, 0.2) is 0 Å². The molecule has 0 heterocycles. The second-order valence-electron chi connectivity index (χ2n) is 3.13. The van der Waals surface area contributed by atoms with Crippen LogP contribution in [0.2, 0.25) is 0 Å². The van der Waals surface area contributed by atoms with Crippen molar-refractivity contribution in [2.24, 2.45) is 0 Å². The summed E-state index contributed by atoms with van der Waals surface area (Å²) in [6.07, 6.45) is 0.419. The van der Waals surface area contributed by atoms with Crippen molar-refractivity contribution in [1.29, 1.82) is 0 Å². The molecule has 0 aliphatic heterocycles. The quantitative estimate of drug-likeness (QED) is 0.497. The minimum Gasteiger partial charge on any atom is -0.206 e. The number of terminal acetylenes is 1. The molecule has 0 spiro atoms. The number of benzene rings is 1. The van der Waals surface area contributed by atoms with Gasteiger partial charge >= 0.3 is 6.18 Å². The summed E-state index contributed by atoms with van der Waals surface area (Å²) in [5.41, 5.74) is -0.904. The fourth-order valence-corrected chi connectivity index (χ4v) is 1.13. The third-order valence-electron chi connectivity index (χ3n) is 2.05. The Morgan fingerprint density at radius 3 is 2.33 bits per heavy atom. The second-order valence-corrected chi connectivity index (χ2v) is 3.13. The van der Waals surface area contributed by atoms with Crippen LogP contribution in [0.15, 0.2) is 18.2 Å². The summed E-state index contributed by atoms with van der Waals surface area (Å²) in [7, 11) is 0. The van der Waals surface area contributed by atoms with Crippen molar-refractivity contribution in [3.63, 3.8) is 0 Å². The first-order chi connectivity index (χ1) is 6.86. The maximum Gasteiger partial charge on any atom is 0.419 e. The summed E-state index contributed by atoms with van der Waals surface area (Å²) in [5, 5.41) is 0. The molecule has 0 radical (unpaired) electrons. The fourth-order valence-electron chi connectivity index (χ4n) is 1.13. The van der Waals surface area contributed by atoms with Gasteiger partial charge in [0.25, 0.3) is 0 Å². The van der Waals surface area contributed by atoms with Crippen molar-refractivity contribution in [3.05, 3.63) is 35.1 Å². The minimum atomic E-state index is -4.66. The summed E-state index contributed by atoms with van der Waals surface area (Å²) in [6, 6.07) is 2.72. The van der Waals surface area contributed by atoms with E-state index in [2.05, 4.69) is 5.92 Å². The second kappa shape index (κ2) is 3.93. The van der Waals surface area contributed by atoms with E-state index >= 15 is 0 Å². The monoisotopic (exact) mass is 216 g/mol. The highest BCUT2D eigenvalue weighted by molar-refractivity contribution is 5.31. The Kier molecular flexibility index (Phi) is 3.04. The molecule has 0 amide bonds. The molecule has 0 aromatic heterocycles. The Morgan fingerprint density at radius 2 is 1.93 bits per heavy atom. The molecular weight excluding hydrogens is 208 g/mol. The van der Waals surface area contributed by atoms with E-state index in [4.69, 9.17) is 6.42 Å². The number of alkyl halides is 3. The van der Waals surface area contributed by atoms with Crippen LogP contribution in [0.25, 0.3) is 0 Å². The Bertz CT molecular complexity index is 398. The maximum atomic E-state index is 13.1. The van der Waals surface area contributed by atoms with Gasteiger partial charge in [0.1, 0.15) is 5.82 Å². The van der Waals surface area contributed by atoms with E-state index in [0.717, 1.165) is 6.07 Å². The largest absolute Gasteiger partial charge is 0.419 e. The average molecular weight is 216 g/mol. The van der Waals surface area contributed by atoms with Crippen molar-refractivity contribution < 1.29 is 17.6 Å². The molecule has 1 unspecified atom stereocenters. The van der Waals surface area contributed by atoms with Gasteiger partial charge in [-0.25, -0.2) is 4.39 Å². The molecule has 0 aliphatic rings. The Morgan fingerprint density at radius 1 is 1.33 bits per heavy atom. The first kappa shape index (κ1) is 11.6. The van der Waals surface area contributed by atoms with Crippen LogP contribution in [0.4, 0.5) is 17.6 Å². The third-order valence-corrected chi connectivity index (χ3v) is 2.05. The van der Waals surface area contributed by atoms with Crippen molar-refractivity contribution >= 4 is 0 Å². The lowest BCUT2D eigenvalue weighted by atomic mass is 10.0. The van der Waals surface area contributed by atoms with Crippen molar-refractivity contribution in [2.75, 3.05) is 0 Å². The zero-order chi connectivity index (χ0) is 11.6. The molecule has 80 valence electrons. The van der Waals surface area contributed by atoms with Crippen LogP contribution in [-0.2, 0) is 6.18 Å². The molecule has 4 heteroatoms. The summed E-state index contributed by atoms with van der Waals surface area (Å²) in [6.45, 7) is 1.61. The van der Waals surface area contributed by atoms with Gasteiger partial charge in [-0.15, -0.1) is 6.42 Å². The zero-order valence-electron chi connectivity index (χ0n) is 7.90. The van der Waals surface area contributed by atoms with E-state index in [-0.39, 0.29) is 0 Å². The van der Waals surface area contributed by atoms with Crippen LogP contribution in [0, 0.1) is 18.2 Å². The van der Waals surface area contributed by atoms with Gasteiger partial charge in [-0.3, -0.25) is 0 Å². The molecule has 0 saturated carbocycles. The molecule has 0 aliphatic carbocycles. The van der Waals surface area contributed by atoms with E-state index in [0.29, 0.717) is 11.6 Å². The first-order valence-electron chi connectivity index (χ1n) is 4.19. The minimum absolute atomic E-state index is 0.364. The van der Waals surface area contributed by atoms with Gasteiger partial charge in [-0.1, -0.05) is 12.0 Å². The van der Waals surface area contributed by atoms with Gasteiger partial charge in [0.2, 0.25) is 0 Å². The Hall–Kier alpha value is -1.50. The van der Waals surface area contributed by atoms with Crippen molar-refractivity contribution in [1.82, 2.24) is 0 Å². The summed E-state index contributed by atoms with van der Waals surface area (Å²) < 4.78 is 49.6. The predicted molar refractivity (Wildman–Crippen MR) is 48.7 cm³/mol. The van der Waals surface area contributed by atoms with Crippen LogP contribution >= 0.6 is 0 Å². The lowest BCUT2D eigenvalue weighted by Gasteiger charge is -2.10. The molecule has 1 atom stereocenters. The highest BCUT2D eigenvalue weighted by atomic mass is 19.4. The van der Waals surface area contributed by atoms with Gasteiger partial charge < -0.3 is 0 Å².